The fraction of sp³-hybridized carbons (Fsp3) is 0.724. The van der Waals surface area contributed by atoms with Crippen LogP contribution in [0.15, 0.2) is 12.1 Å². The molecule has 1 aromatic rings. The van der Waals surface area contributed by atoms with Crippen molar-refractivity contribution in [1.82, 2.24) is 0 Å². The number of thiophene rings is 1. The number of carbonyl (C=O) groups excluding carboxylic acids is 2. The Hall–Kier alpha value is -1.48. The third kappa shape index (κ3) is 3.81. The Morgan fingerprint density at radius 1 is 1.03 bits per heavy atom. The maximum Gasteiger partial charge on any atom is 0.169 e. The fourth-order valence-electron chi connectivity index (χ4n) is 8.77. The molecule has 4 fully saturated rings. The van der Waals surface area contributed by atoms with Crippen LogP contribution in [-0.2, 0) is 4.79 Å². The number of fused-ring (bicyclic) bond motifs is 5. The van der Waals surface area contributed by atoms with Crippen molar-refractivity contribution in [3.8, 4) is 11.8 Å². The summed E-state index contributed by atoms with van der Waals surface area (Å²) in [4.78, 5) is 25.6. The molecule has 0 amide bonds. The van der Waals surface area contributed by atoms with Crippen molar-refractivity contribution in [2.75, 3.05) is 6.61 Å². The Balaban J connectivity index is 1.32. The van der Waals surface area contributed by atoms with Gasteiger partial charge in [0.25, 0.3) is 0 Å². The van der Waals surface area contributed by atoms with Gasteiger partial charge in [-0.05, 0) is 111 Å². The summed E-state index contributed by atoms with van der Waals surface area (Å²) in [7, 11) is 0. The number of aliphatic hydroxyl groups excluding tert-OH is 1. The molecule has 1 heterocycles. The van der Waals surface area contributed by atoms with Gasteiger partial charge >= 0.3 is 0 Å². The van der Waals surface area contributed by atoms with Crippen molar-refractivity contribution in [2.24, 2.45) is 40.4 Å². The Morgan fingerprint density at radius 2 is 1.79 bits per heavy atom. The van der Waals surface area contributed by atoms with Crippen molar-refractivity contribution < 1.29 is 19.8 Å². The minimum atomic E-state index is -0.952. The lowest BCUT2D eigenvalue weighted by Crippen LogP contribution is -2.56. The van der Waals surface area contributed by atoms with E-state index in [1.54, 1.807) is 6.92 Å². The Labute approximate surface area is 207 Å². The summed E-state index contributed by atoms with van der Waals surface area (Å²) < 4.78 is 0. The van der Waals surface area contributed by atoms with E-state index in [0.717, 1.165) is 49.8 Å². The number of hydrogen-bond donors (Lipinski definition) is 2. The average Bonchev–Trinajstić information content (AvgIpc) is 3.42. The lowest BCUT2D eigenvalue weighted by atomic mass is 9.44. The SMILES string of the molecule is CC(=O)c1ccc(C#C[C@@]2(O)CC[C@@]3(C)[C@H](CC[C@@H]4[C@@H]3CC[C@]3(C)[C@@H](C(=O)CO)CC[C@@H]43)C2)s1. The molecule has 0 radical (unpaired) electrons. The van der Waals surface area contributed by atoms with Crippen molar-refractivity contribution in [3.05, 3.63) is 21.9 Å². The fourth-order valence-corrected chi connectivity index (χ4v) is 9.53. The van der Waals surface area contributed by atoms with Crippen molar-refractivity contribution in [3.63, 3.8) is 0 Å². The molecular formula is C29H38O4S. The minimum absolute atomic E-state index is 0.0291. The van der Waals surface area contributed by atoms with Crippen LogP contribution in [0.1, 0.15) is 93.1 Å². The first-order chi connectivity index (χ1) is 16.1. The molecular weight excluding hydrogens is 444 g/mol. The maximum absolute atomic E-state index is 12.5. The topological polar surface area (TPSA) is 74.6 Å². The molecule has 0 saturated heterocycles. The highest BCUT2D eigenvalue weighted by Gasteiger charge is 2.61. The molecule has 184 valence electrons. The molecule has 0 unspecified atom stereocenters. The van der Waals surface area contributed by atoms with Gasteiger partial charge in [-0.1, -0.05) is 25.7 Å². The van der Waals surface area contributed by atoms with Gasteiger partial charge in [-0.15, -0.1) is 11.3 Å². The highest BCUT2D eigenvalue weighted by molar-refractivity contribution is 7.14. The Bertz CT molecular complexity index is 1050. The zero-order valence-corrected chi connectivity index (χ0v) is 21.5. The highest BCUT2D eigenvalue weighted by atomic mass is 32.1. The van der Waals surface area contributed by atoms with Crippen LogP contribution in [0, 0.1) is 52.3 Å². The van der Waals surface area contributed by atoms with Crippen LogP contribution in [0.25, 0.3) is 0 Å². The summed E-state index contributed by atoms with van der Waals surface area (Å²) >= 11 is 1.40. The number of Topliss-reactive ketones (excluding diaryl/α,β-unsaturated/α-hetero) is 2. The van der Waals surface area contributed by atoms with Crippen molar-refractivity contribution in [1.29, 1.82) is 0 Å². The number of aliphatic hydroxyl groups is 2. The normalized spacial score (nSPS) is 43.1. The van der Waals surface area contributed by atoms with E-state index < -0.39 is 5.60 Å². The van der Waals surface area contributed by atoms with Gasteiger partial charge in [0.2, 0.25) is 0 Å². The molecule has 1 aromatic heterocycles. The van der Waals surface area contributed by atoms with E-state index in [1.165, 1.54) is 17.8 Å². The number of rotatable bonds is 3. The van der Waals surface area contributed by atoms with Crippen LogP contribution >= 0.6 is 11.3 Å². The summed E-state index contributed by atoms with van der Waals surface area (Å²) in [6.07, 6.45) is 9.04. The summed E-state index contributed by atoms with van der Waals surface area (Å²) in [6.45, 7) is 6.04. The molecule has 34 heavy (non-hydrogen) atoms. The van der Waals surface area contributed by atoms with Crippen LogP contribution in [-0.4, -0.2) is 34.0 Å². The van der Waals surface area contributed by atoms with E-state index in [0.29, 0.717) is 35.0 Å². The van der Waals surface area contributed by atoms with Gasteiger partial charge in [-0.25, -0.2) is 0 Å². The Morgan fingerprint density at radius 3 is 2.50 bits per heavy atom. The monoisotopic (exact) mass is 482 g/mol. The molecule has 5 rings (SSSR count). The lowest BCUT2D eigenvalue weighted by Gasteiger charge is -2.61. The van der Waals surface area contributed by atoms with Crippen molar-refractivity contribution >= 4 is 22.9 Å². The molecule has 4 aliphatic rings. The third-order valence-corrected chi connectivity index (χ3v) is 11.7. The predicted molar refractivity (Wildman–Crippen MR) is 133 cm³/mol. The number of hydrogen-bond acceptors (Lipinski definition) is 5. The summed E-state index contributed by atoms with van der Waals surface area (Å²) in [5, 5.41) is 20.9. The molecule has 2 N–H and O–H groups in total. The van der Waals surface area contributed by atoms with Gasteiger partial charge in [-0.2, -0.15) is 0 Å². The Kier molecular flexibility index (Phi) is 6.11. The quantitative estimate of drug-likeness (QED) is 0.456. The zero-order chi connectivity index (χ0) is 24.3. The summed E-state index contributed by atoms with van der Waals surface area (Å²) in [5.41, 5.74) is -0.682. The molecule has 4 aliphatic carbocycles. The predicted octanol–water partition coefficient (Wildman–Crippen LogP) is 5.25. The summed E-state index contributed by atoms with van der Waals surface area (Å²) in [5.74, 6) is 8.86. The minimum Gasteiger partial charge on any atom is -0.389 e. The first kappa shape index (κ1) is 24.2. The zero-order valence-electron chi connectivity index (χ0n) is 20.7. The number of ketones is 2. The van der Waals surface area contributed by atoms with Gasteiger partial charge in [0.15, 0.2) is 11.6 Å². The van der Waals surface area contributed by atoms with Gasteiger partial charge in [0.05, 0.1) is 9.75 Å². The molecule has 0 spiro atoms. The van der Waals surface area contributed by atoms with E-state index >= 15 is 0 Å². The van der Waals surface area contributed by atoms with E-state index in [4.69, 9.17) is 0 Å². The van der Waals surface area contributed by atoms with E-state index in [1.807, 2.05) is 12.1 Å². The molecule has 4 nitrogen and oxygen atoms in total. The van der Waals surface area contributed by atoms with Gasteiger partial charge < -0.3 is 10.2 Å². The van der Waals surface area contributed by atoms with Crippen molar-refractivity contribution in [2.45, 2.75) is 84.2 Å². The van der Waals surface area contributed by atoms with E-state index in [9.17, 15) is 19.8 Å². The molecule has 8 atom stereocenters. The van der Waals surface area contributed by atoms with E-state index in [-0.39, 0.29) is 34.9 Å². The third-order valence-electron chi connectivity index (χ3n) is 10.6. The summed E-state index contributed by atoms with van der Waals surface area (Å²) in [6, 6.07) is 3.70. The highest BCUT2D eigenvalue weighted by Crippen LogP contribution is 2.68. The standard InChI is InChI=1S/C29H38O4S/c1-18(31)26-9-5-20(34-26)10-13-29(33)15-14-27(2)19(16-29)4-6-21-22-7-8-24(25(32)17-30)28(22,3)12-11-23(21)27/h5,9,19,21-24,30,33H,4,6-8,11-12,14-17H2,1-3H3/t19-,21+,22+,23+,24-,27+,28+,29-/m1/s1. The van der Waals surface area contributed by atoms with Gasteiger partial charge in [-0.3, -0.25) is 9.59 Å². The van der Waals surface area contributed by atoms with Crippen LogP contribution in [0.2, 0.25) is 0 Å². The van der Waals surface area contributed by atoms with E-state index in [2.05, 4.69) is 25.7 Å². The van der Waals surface area contributed by atoms with Crippen LogP contribution in [0.5, 0.6) is 0 Å². The van der Waals surface area contributed by atoms with Crippen LogP contribution < -0.4 is 0 Å². The average molecular weight is 483 g/mol. The maximum atomic E-state index is 12.5. The van der Waals surface area contributed by atoms with Crippen LogP contribution in [0.4, 0.5) is 0 Å². The van der Waals surface area contributed by atoms with Gasteiger partial charge in [0, 0.05) is 5.92 Å². The van der Waals surface area contributed by atoms with Crippen LogP contribution in [0.3, 0.4) is 0 Å². The smallest absolute Gasteiger partial charge is 0.169 e. The first-order valence-corrected chi connectivity index (χ1v) is 13.9. The second-order valence-electron chi connectivity index (χ2n) is 12.2. The molecule has 0 aliphatic heterocycles. The molecule has 0 aromatic carbocycles. The first-order valence-electron chi connectivity index (χ1n) is 13.1. The second kappa shape index (κ2) is 8.57. The molecule has 0 bridgehead atoms. The lowest BCUT2D eigenvalue weighted by molar-refractivity contribution is -0.146. The van der Waals surface area contributed by atoms with Gasteiger partial charge in [0.1, 0.15) is 12.2 Å². The molecule has 4 saturated carbocycles. The second-order valence-corrected chi connectivity index (χ2v) is 13.2. The largest absolute Gasteiger partial charge is 0.389 e. The number of carbonyl (C=O) groups is 2. The molecule has 5 heteroatoms.